The molecule has 2 amide bonds. The van der Waals surface area contributed by atoms with E-state index in [0.717, 1.165) is 19.3 Å². The first-order chi connectivity index (χ1) is 8.80. The molecule has 110 valence electrons. The van der Waals surface area contributed by atoms with Gasteiger partial charge in [-0.2, -0.15) is 0 Å². The Hall–Kier alpha value is -1.26. The van der Waals surface area contributed by atoms with Gasteiger partial charge in [-0.1, -0.05) is 20.3 Å². The summed E-state index contributed by atoms with van der Waals surface area (Å²) in [5.41, 5.74) is -1.17. The maximum atomic E-state index is 12.3. The number of carbonyl (C=O) groups excluding carboxylic acids is 1. The molecule has 5 nitrogen and oxygen atoms in total. The van der Waals surface area contributed by atoms with Crippen LogP contribution in [0, 0.1) is 5.92 Å². The van der Waals surface area contributed by atoms with E-state index in [1.54, 1.807) is 11.8 Å². The van der Waals surface area contributed by atoms with E-state index in [0.29, 0.717) is 18.9 Å². The van der Waals surface area contributed by atoms with E-state index in [1.165, 1.54) is 0 Å². The van der Waals surface area contributed by atoms with Crippen molar-refractivity contribution in [3.05, 3.63) is 0 Å². The number of amides is 2. The van der Waals surface area contributed by atoms with Crippen LogP contribution in [0.15, 0.2) is 0 Å². The van der Waals surface area contributed by atoms with Crippen molar-refractivity contribution in [2.45, 2.75) is 65.0 Å². The van der Waals surface area contributed by atoms with Crippen molar-refractivity contribution in [2.24, 2.45) is 5.92 Å². The summed E-state index contributed by atoms with van der Waals surface area (Å²) >= 11 is 0. The van der Waals surface area contributed by atoms with Gasteiger partial charge in [0.05, 0.1) is 0 Å². The smallest absolute Gasteiger partial charge is 0.329 e. The molecule has 0 aromatic rings. The fourth-order valence-corrected chi connectivity index (χ4v) is 2.60. The van der Waals surface area contributed by atoms with Crippen LogP contribution in [0.1, 0.15) is 53.4 Å². The van der Waals surface area contributed by atoms with Gasteiger partial charge in [-0.3, -0.25) is 0 Å². The Morgan fingerprint density at radius 3 is 2.53 bits per heavy atom. The van der Waals surface area contributed by atoms with Gasteiger partial charge in [0.25, 0.3) is 0 Å². The van der Waals surface area contributed by atoms with Crippen LogP contribution in [0.4, 0.5) is 4.79 Å². The molecule has 3 unspecified atom stereocenters. The second-order valence-electron chi connectivity index (χ2n) is 6.00. The summed E-state index contributed by atoms with van der Waals surface area (Å²) in [5, 5.41) is 12.0. The van der Waals surface area contributed by atoms with Crippen molar-refractivity contribution in [3.63, 3.8) is 0 Å². The molecule has 3 atom stereocenters. The number of piperidine rings is 1. The van der Waals surface area contributed by atoms with E-state index in [2.05, 4.69) is 12.2 Å². The van der Waals surface area contributed by atoms with Crippen LogP contribution in [0.5, 0.6) is 0 Å². The van der Waals surface area contributed by atoms with Gasteiger partial charge in [-0.05, 0) is 39.0 Å². The molecule has 1 aliphatic heterocycles. The highest BCUT2D eigenvalue weighted by Crippen LogP contribution is 2.22. The summed E-state index contributed by atoms with van der Waals surface area (Å²) in [5.74, 6) is -0.496. The van der Waals surface area contributed by atoms with Gasteiger partial charge in [-0.15, -0.1) is 0 Å². The quantitative estimate of drug-likeness (QED) is 0.824. The molecule has 0 aromatic heterocycles. The average molecular weight is 270 g/mol. The van der Waals surface area contributed by atoms with Crippen molar-refractivity contribution >= 4 is 12.0 Å². The lowest BCUT2D eigenvalue weighted by Gasteiger charge is -2.39. The number of hydrogen-bond acceptors (Lipinski definition) is 2. The lowest BCUT2D eigenvalue weighted by Crippen LogP contribution is -2.58. The van der Waals surface area contributed by atoms with E-state index in [9.17, 15) is 14.7 Å². The average Bonchev–Trinajstić information content (AvgIpc) is 2.32. The van der Waals surface area contributed by atoms with Gasteiger partial charge in [0.1, 0.15) is 5.54 Å². The normalized spacial score (nSPS) is 26.6. The number of urea groups is 1. The number of nitrogens with one attached hydrogen (secondary N) is 1. The highest BCUT2D eigenvalue weighted by Gasteiger charge is 2.37. The highest BCUT2D eigenvalue weighted by molar-refractivity contribution is 5.86. The molecule has 1 aliphatic rings. The summed E-state index contributed by atoms with van der Waals surface area (Å²) in [4.78, 5) is 25.4. The van der Waals surface area contributed by atoms with Crippen LogP contribution in [-0.4, -0.2) is 40.1 Å². The largest absolute Gasteiger partial charge is 0.480 e. The Morgan fingerprint density at radius 1 is 1.37 bits per heavy atom. The van der Waals surface area contributed by atoms with Gasteiger partial charge < -0.3 is 15.3 Å². The van der Waals surface area contributed by atoms with Crippen molar-refractivity contribution in [2.75, 3.05) is 6.54 Å². The number of carboxylic acids is 1. The maximum absolute atomic E-state index is 12.3. The first kappa shape index (κ1) is 15.8. The lowest BCUT2D eigenvalue weighted by atomic mass is 9.94. The van der Waals surface area contributed by atoms with Crippen molar-refractivity contribution in [1.82, 2.24) is 10.2 Å². The zero-order valence-electron chi connectivity index (χ0n) is 12.4. The molecule has 2 N–H and O–H groups in total. The molecule has 1 fully saturated rings. The second-order valence-corrected chi connectivity index (χ2v) is 6.00. The summed E-state index contributed by atoms with van der Waals surface area (Å²) in [6.45, 7) is 8.33. The van der Waals surface area contributed by atoms with Gasteiger partial charge >= 0.3 is 12.0 Å². The first-order valence-electron chi connectivity index (χ1n) is 7.12. The Kier molecular flexibility index (Phi) is 5.20. The molecule has 0 radical (unpaired) electrons. The fourth-order valence-electron chi connectivity index (χ4n) is 2.60. The zero-order chi connectivity index (χ0) is 14.6. The molecule has 0 bridgehead atoms. The van der Waals surface area contributed by atoms with E-state index in [-0.39, 0.29) is 12.1 Å². The van der Waals surface area contributed by atoms with Crippen LogP contribution in [0.25, 0.3) is 0 Å². The Bertz CT molecular complexity index is 346. The summed E-state index contributed by atoms with van der Waals surface area (Å²) in [7, 11) is 0. The molecule has 1 rings (SSSR count). The predicted molar refractivity (Wildman–Crippen MR) is 74.0 cm³/mol. The molecule has 5 heteroatoms. The molecular formula is C14H26N2O3. The molecule has 1 heterocycles. The van der Waals surface area contributed by atoms with Crippen molar-refractivity contribution in [3.8, 4) is 0 Å². The number of hydrogen-bond donors (Lipinski definition) is 2. The van der Waals surface area contributed by atoms with Crippen LogP contribution < -0.4 is 5.32 Å². The minimum Gasteiger partial charge on any atom is -0.480 e. The van der Waals surface area contributed by atoms with Crippen molar-refractivity contribution in [1.29, 1.82) is 0 Å². The molecule has 0 saturated carbocycles. The summed E-state index contributed by atoms with van der Waals surface area (Å²) < 4.78 is 0. The third kappa shape index (κ3) is 3.85. The molecule has 19 heavy (non-hydrogen) atoms. The van der Waals surface area contributed by atoms with E-state index >= 15 is 0 Å². The van der Waals surface area contributed by atoms with Gasteiger partial charge in [-0.25, -0.2) is 9.59 Å². The number of likely N-dealkylation sites (tertiary alicyclic amines) is 1. The lowest BCUT2D eigenvalue weighted by molar-refractivity contribution is -0.144. The topological polar surface area (TPSA) is 69.6 Å². The highest BCUT2D eigenvalue weighted by atomic mass is 16.4. The first-order valence-corrected chi connectivity index (χ1v) is 7.12. The standard InChI is InChI=1S/C14H26N2O3/c1-5-8-14(4,12(17)18)15-13(19)16-9-10(2)6-7-11(16)3/h10-11H,5-9H2,1-4H3,(H,15,19)(H,17,18). The Labute approximate surface area is 115 Å². The Morgan fingerprint density at radius 2 is 2.00 bits per heavy atom. The van der Waals surface area contributed by atoms with Gasteiger partial charge in [0.2, 0.25) is 0 Å². The SMILES string of the molecule is CCCC(C)(NC(=O)N1CC(C)CCC1C)C(=O)O. The van der Waals surface area contributed by atoms with E-state index in [1.807, 2.05) is 13.8 Å². The van der Waals surface area contributed by atoms with Gasteiger partial charge in [0, 0.05) is 12.6 Å². The molecular weight excluding hydrogens is 244 g/mol. The summed E-state index contributed by atoms with van der Waals surface area (Å²) in [6, 6.07) is -0.0757. The second kappa shape index (κ2) is 6.26. The summed E-state index contributed by atoms with van der Waals surface area (Å²) in [6.07, 6.45) is 3.25. The number of carbonyl (C=O) groups is 2. The maximum Gasteiger partial charge on any atom is 0.329 e. The zero-order valence-corrected chi connectivity index (χ0v) is 12.4. The number of nitrogens with zero attached hydrogens (tertiary/aromatic N) is 1. The minimum atomic E-state index is -1.17. The fraction of sp³-hybridized carbons (Fsp3) is 0.857. The third-order valence-corrected chi connectivity index (χ3v) is 3.98. The Balaban J connectivity index is 2.73. The molecule has 0 spiro atoms. The predicted octanol–water partition coefficient (Wildman–Crippen LogP) is 2.46. The number of rotatable bonds is 4. The molecule has 0 aliphatic carbocycles. The van der Waals surface area contributed by atoms with Gasteiger partial charge in [0.15, 0.2) is 0 Å². The van der Waals surface area contributed by atoms with Crippen LogP contribution in [-0.2, 0) is 4.79 Å². The molecule has 0 aromatic carbocycles. The molecule has 1 saturated heterocycles. The number of aliphatic carboxylic acids is 1. The minimum absolute atomic E-state index is 0.177. The monoisotopic (exact) mass is 270 g/mol. The van der Waals surface area contributed by atoms with E-state index < -0.39 is 11.5 Å². The van der Waals surface area contributed by atoms with Crippen LogP contribution in [0.3, 0.4) is 0 Å². The number of carboxylic acid groups (broad SMARTS) is 1. The van der Waals surface area contributed by atoms with Crippen LogP contribution >= 0.6 is 0 Å². The van der Waals surface area contributed by atoms with E-state index in [4.69, 9.17) is 0 Å². The third-order valence-electron chi connectivity index (χ3n) is 3.98. The van der Waals surface area contributed by atoms with Crippen LogP contribution in [0.2, 0.25) is 0 Å². The van der Waals surface area contributed by atoms with Crippen molar-refractivity contribution < 1.29 is 14.7 Å².